The molecular weight excluding hydrogens is 252 g/mol. The zero-order valence-corrected chi connectivity index (χ0v) is 13.7. The van der Waals surface area contributed by atoms with Gasteiger partial charge in [-0.2, -0.15) is 0 Å². The first-order chi connectivity index (χ1) is 9.43. The highest BCUT2D eigenvalue weighted by atomic mass is 16.6. The molecule has 1 N–H and O–H groups in total. The zero-order chi connectivity index (χ0) is 14.9. The fraction of sp³-hybridized carbons (Fsp3) is 1.00. The second kappa shape index (κ2) is 6.76. The lowest BCUT2D eigenvalue weighted by molar-refractivity contribution is -0.256. The van der Waals surface area contributed by atoms with Gasteiger partial charge in [0.05, 0.1) is 30.5 Å². The fourth-order valence-corrected chi connectivity index (χ4v) is 3.81. The summed E-state index contributed by atoms with van der Waals surface area (Å²) in [7, 11) is 0. The van der Waals surface area contributed by atoms with Gasteiger partial charge >= 0.3 is 0 Å². The molecule has 0 amide bonds. The lowest BCUT2D eigenvalue weighted by Gasteiger charge is -2.50. The summed E-state index contributed by atoms with van der Waals surface area (Å²) in [5.41, 5.74) is 0. The molecule has 0 aliphatic carbocycles. The average molecular weight is 284 g/mol. The minimum Gasteiger partial charge on any atom is -0.390 e. The largest absolute Gasteiger partial charge is 0.390 e. The van der Waals surface area contributed by atoms with E-state index in [2.05, 4.69) is 34.6 Å². The molecule has 2 rings (SSSR count). The van der Waals surface area contributed by atoms with Crippen LogP contribution in [0.5, 0.6) is 0 Å². The Kier molecular flexibility index (Phi) is 5.49. The molecule has 2 aliphatic heterocycles. The van der Waals surface area contributed by atoms with Crippen molar-refractivity contribution >= 4 is 0 Å². The number of aliphatic hydroxyl groups excluding tert-OH is 1. The highest BCUT2D eigenvalue weighted by Crippen LogP contribution is 2.39. The molecular formula is C17H32O3. The van der Waals surface area contributed by atoms with E-state index in [4.69, 9.17) is 9.47 Å². The van der Waals surface area contributed by atoms with Crippen LogP contribution < -0.4 is 0 Å². The van der Waals surface area contributed by atoms with E-state index in [0.717, 1.165) is 25.7 Å². The number of hydrogen-bond acceptors (Lipinski definition) is 3. The van der Waals surface area contributed by atoms with Crippen LogP contribution in [0.4, 0.5) is 0 Å². The Bertz CT molecular complexity index is 305. The van der Waals surface area contributed by atoms with Crippen LogP contribution in [0.15, 0.2) is 0 Å². The van der Waals surface area contributed by atoms with Crippen molar-refractivity contribution in [2.45, 2.75) is 90.8 Å². The molecule has 118 valence electrons. The first-order valence-electron chi connectivity index (χ1n) is 8.43. The van der Waals surface area contributed by atoms with E-state index in [1.54, 1.807) is 0 Å². The number of hydrogen-bond donors (Lipinski definition) is 1. The summed E-state index contributed by atoms with van der Waals surface area (Å²) in [5, 5.41) is 10.5. The van der Waals surface area contributed by atoms with Crippen molar-refractivity contribution in [2.75, 3.05) is 0 Å². The minimum absolute atomic E-state index is 0.0234. The van der Waals surface area contributed by atoms with Crippen LogP contribution in [0.25, 0.3) is 0 Å². The van der Waals surface area contributed by atoms with Gasteiger partial charge in [-0.1, -0.05) is 41.0 Å². The molecule has 0 saturated carbocycles. The third-order valence-electron chi connectivity index (χ3n) is 5.00. The smallest absolute Gasteiger partial charge is 0.0891 e. The van der Waals surface area contributed by atoms with Crippen molar-refractivity contribution in [3.63, 3.8) is 0 Å². The Morgan fingerprint density at radius 3 is 2.45 bits per heavy atom. The Hall–Kier alpha value is -0.120. The molecule has 0 spiro atoms. The van der Waals surface area contributed by atoms with Gasteiger partial charge in [0.25, 0.3) is 0 Å². The first-order valence-corrected chi connectivity index (χ1v) is 8.43. The topological polar surface area (TPSA) is 38.7 Å². The summed E-state index contributed by atoms with van der Waals surface area (Å²) in [6, 6.07) is 0. The summed E-state index contributed by atoms with van der Waals surface area (Å²) in [4.78, 5) is 0. The highest BCUT2D eigenvalue weighted by molar-refractivity contribution is 4.95. The predicted octanol–water partition coefficient (Wildman–Crippen LogP) is 3.39. The number of aliphatic hydroxyl groups is 1. The number of ether oxygens (including phenoxy) is 2. The van der Waals surface area contributed by atoms with Gasteiger partial charge in [0.1, 0.15) is 0 Å². The van der Waals surface area contributed by atoms with E-state index >= 15 is 0 Å². The zero-order valence-electron chi connectivity index (χ0n) is 13.7. The molecule has 0 unspecified atom stereocenters. The maximum absolute atomic E-state index is 10.5. The highest BCUT2D eigenvalue weighted by Gasteiger charge is 2.47. The van der Waals surface area contributed by atoms with Crippen LogP contribution in [0.3, 0.4) is 0 Å². The van der Waals surface area contributed by atoms with Crippen molar-refractivity contribution in [1.29, 1.82) is 0 Å². The van der Waals surface area contributed by atoms with Crippen molar-refractivity contribution in [3.8, 4) is 0 Å². The predicted molar refractivity (Wildman–Crippen MR) is 80.6 cm³/mol. The molecule has 2 heterocycles. The van der Waals surface area contributed by atoms with Gasteiger partial charge in [-0.15, -0.1) is 0 Å². The van der Waals surface area contributed by atoms with Gasteiger partial charge in [0.2, 0.25) is 0 Å². The van der Waals surface area contributed by atoms with Crippen LogP contribution in [0.2, 0.25) is 0 Å². The van der Waals surface area contributed by atoms with Gasteiger partial charge in [-0.3, -0.25) is 0 Å². The molecule has 0 bridgehead atoms. The summed E-state index contributed by atoms with van der Waals surface area (Å²) >= 11 is 0. The Morgan fingerprint density at radius 1 is 1.15 bits per heavy atom. The van der Waals surface area contributed by atoms with E-state index in [9.17, 15) is 5.11 Å². The molecule has 0 aromatic carbocycles. The van der Waals surface area contributed by atoms with Crippen LogP contribution in [-0.2, 0) is 9.47 Å². The summed E-state index contributed by atoms with van der Waals surface area (Å²) in [6.45, 7) is 11.0. The second-order valence-electron chi connectivity index (χ2n) is 7.33. The van der Waals surface area contributed by atoms with E-state index in [1.807, 2.05) is 0 Å². The van der Waals surface area contributed by atoms with Gasteiger partial charge < -0.3 is 14.6 Å². The molecule has 2 saturated heterocycles. The third-order valence-corrected chi connectivity index (χ3v) is 5.00. The standard InChI is InChI=1S/C17H32O3/c1-6-7-13-11(4)9-15-17(20-13)12(5)16(18)14(19-15)8-10(2)3/h10-18H,6-9H2,1-5H3/t11-,12-,13-,14+,15+,16-,17+/m1/s1. The maximum Gasteiger partial charge on any atom is 0.0891 e. The number of rotatable bonds is 4. The Labute approximate surface area is 124 Å². The van der Waals surface area contributed by atoms with Crippen LogP contribution >= 0.6 is 0 Å². The molecule has 3 nitrogen and oxygen atoms in total. The molecule has 2 aliphatic rings. The monoisotopic (exact) mass is 284 g/mol. The van der Waals surface area contributed by atoms with E-state index in [-0.39, 0.29) is 24.2 Å². The summed E-state index contributed by atoms with van der Waals surface area (Å²) in [5.74, 6) is 1.27. The molecule has 0 aromatic heterocycles. The summed E-state index contributed by atoms with van der Waals surface area (Å²) in [6.07, 6.45) is 4.42. The van der Waals surface area contributed by atoms with Gasteiger partial charge in [0.15, 0.2) is 0 Å². The van der Waals surface area contributed by atoms with E-state index < -0.39 is 6.10 Å². The SMILES string of the molecule is CCC[C@H]1O[C@H]2[C@H](C)[C@@H](O)[C@H](CC(C)C)O[C@H]2C[C@H]1C. The Morgan fingerprint density at radius 2 is 1.85 bits per heavy atom. The summed E-state index contributed by atoms with van der Waals surface area (Å²) < 4.78 is 12.5. The van der Waals surface area contributed by atoms with Crippen LogP contribution in [-0.4, -0.2) is 35.6 Å². The van der Waals surface area contributed by atoms with Gasteiger partial charge in [0, 0.05) is 5.92 Å². The van der Waals surface area contributed by atoms with Crippen molar-refractivity contribution in [1.82, 2.24) is 0 Å². The molecule has 7 atom stereocenters. The molecule has 20 heavy (non-hydrogen) atoms. The molecule has 0 radical (unpaired) electrons. The van der Waals surface area contributed by atoms with Crippen LogP contribution in [0, 0.1) is 17.8 Å². The molecule has 3 heteroatoms. The molecule has 0 aromatic rings. The van der Waals surface area contributed by atoms with Gasteiger partial charge in [-0.25, -0.2) is 0 Å². The maximum atomic E-state index is 10.5. The quantitative estimate of drug-likeness (QED) is 0.860. The normalized spacial score (nSPS) is 45.5. The lowest BCUT2D eigenvalue weighted by atomic mass is 9.79. The third kappa shape index (κ3) is 3.37. The van der Waals surface area contributed by atoms with Crippen LogP contribution in [0.1, 0.15) is 60.3 Å². The number of fused-ring (bicyclic) bond motifs is 1. The van der Waals surface area contributed by atoms with E-state index in [1.165, 1.54) is 0 Å². The fourth-order valence-electron chi connectivity index (χ4n) is 3.81. The van der Waals surface area contributed by atoms with E-state index in [0.29, 0.717) is 17.9 Å². The van der Waals surface area contributed by atoms with Crippen molar-refractivity contribution in [2.24, 2.45) is 17.8 Å². The van der Waals surface area contributed by atoms with Gasteiger partial charge in [-0.05, 0) is 31.1 Å². The second-order valence-corrected chi connectivity index (χ2v) is 7.33. The average Bonchev–Trinajstić information content (AvgIpc) is 2.37. The minimum atomic E-state index is -0.394. The first kappa shape index (κ1) is 16.3. The molecule has 2 fully saturated rings. The van der Waals surface area contributed by atoms with Crippen molar-refractivity contribution in [3.05, 3.63) is 0 Å². The Balaban J connectivity index is 2.05. The lowest BCUT2D eigenvalue weighted by Crippen LogP contribution is -2.58. The van der Waals surface area contributed by atoms with Crippen molar-refractivity contribution < 1.29 is 14.6 Å².